The highest BCUT2D eigenvalue weighted by Gasteiger charge is 2.42. The molecule has 2 aliphatic rings. The normalized spacial score (nSPS) is 17.3. The molecule has 10 nitrogen and oxygen atoms in total. The van der Waals surface area contributed by atoms with E-state index in [0.29, 0.717) is 57.6 Å². The number of hydrogen-bond acceptors (Lipinski definition) is 8. The Morgan fingerprint density at radius 2 is 1.81 bits per heavy atom. The molecule has 0 radical (unpaired) electrons. The second-order valence-corrected chi connectivity index (χ2v) is 8.87. The first-order valence-corrected chi connectivity index (χ1v) is 11.9. The number of piperidine rings is 1. The number of hydrogen-bond donors (Lipinski definition) is 1. The fraction of sp³-hybridized carbons (Fsp3) is 0.565. The van der Waals surface area contributed by atoms with E-state index in [4.69, 9.17) is 9.15 Å². The third-order valence-electron chi connectivity index (χ3n) is 6.28. The van der Waals surface area contributed by atoms with Crippen molar-refractivity contribution in [2.24, 2.45) is 5.92 Å². The number of nitrogens with one attached hydrogen (secondary N) is 1. The van der Waals surface area contributed by atoms with Crippen LogP contribution in [0.15, 0.2) is 22.7 Å². The first-order valence-electron chi connectivity index (χ1n) is 11.9. The maximum Gasteiger partial charge on any atom is 0.437 e. The summed E-state index contributed by atoms with van der Waals surface area (Å²) in [7, 11) is 0. The third kappa shape index (κ3) is 5.82. The van der Waals surface area contributed by atoms with Crippen LogP contribution in [0.3, 0.4) is 0 Å². The highest BCUT2D eigenvalue weighted by atomic mass is 19.4. The summed E-state index contributed by atoms with van der Waals surface area (Å²) < 4.78 is 51.1. The lowest BCUT2D eigenvalue weighted by Crippen LogP contribution is -2.49. The van der Waals surface area contributed by atoms with Crippen molar-refractivity contribution in [2.45, 2.75) is 32.9 Å². The van der Waals surface area contributed by atoms with Crippen LogP contribution in [0.2, 0.25) is 0 Å². The van der Waals surface area contributed by atoms with Gasteiger partial charge in [-0.15, -0.1) is 0 Å². The first kappa shape index (κ1) is 25.6. The van der Waals surface area contributed by atoms with Crippen molar-refractivity contribution in [1.29, 1.82) is 0 Å². The summed E-state index contributed by atoms with van der Waals surface area (Å²) in [5.74, 6) is -0.842. The Labute approximate surface area is 206 Å². The molecule has 0 aromatic carbocycles. The molecule has 0 spiro atoms. The standard InChI is InChI=1S/C23H29F3N6O4/c1-3-35-22(34)32-12-10-30(11-13-32)17-5-4-16(14-27-17)28-20(33)18-19(23(24,25)26)29-21(36-18)31-8-6-15(2)7-9-31/h4-5,14-15H,3,6-13H2,1-2H3,(H,28,33). The van der Waals surface area contributed by atoms with E-state index < -0.39 is 23.5 Å². The van der Waals surface area contributed by atoms with Crippen LogP contribution in [0.1, 0.15) is 42.9 Å². The van der Waals surface area contributed by atoms with Crippen LogP contribution in [0, 0.1) is 5.92 Å². The predicted octanol–water partition coefficient (Wildman–Crippen LogP) is 3.86. The molecule has 4 rings (SSSR count). The van der Waals surface area contributed by atoms with Gasteiger partial charge in [0.25, 0.3) is 11.9 Å². The average Bonchev–Trinajstić information content (AvgIpc) is 3.32. The van der Waals surface area contributed by atoms with Crippen molar-refractivity contribution < 1.29 is 31.9 Å². The zero-order valence-electron chi connectivity index (χ0n) is 20.2. The third-order valence-corrected chi connectivity index (χ3v) is 6.28. The van der Waals surface area contributed by atoms with Gasteiger partial charge in [0.1, 0.15) is 5.82 Å². The van der Waals surface area contributed by atoms with Gasteiger partial charge in [-0.3, -0.25) is 4.79 Å². The van der Waals surface area contributed by atoms with Gasteiger partial charge in [-0.25, -0.2) is 9.78 Å². The minimum absolute atomic E-state index is 0.199. The first-order chi connectivity index (χ1) is 17.2. The Bertz CT molecular complexity index is 1060. The lowest BCUT2D eigenvalue weighted by atomic mass is 10.00. The molecule has 36 heavy (non-hydrogen) atoms. The molecular formula is C23H29F3N6O4. The molecule has 0 bridgehead atoms. The molecule has 0 saturated carbocycles. The number of halogens is 3. The monoisotopic (exact) mass is 510 g/mol. The molecule has 0 unspecified atom stereocenters. The summed E-state index contributed by atoms with van der Waals surface area (Å²) in [4.78, 5) is 37.7. The Hall–Kier alpha value is -3.51. The van der Waals surface area contributed by atoms with E-state index in [1.54, 1.807) is 28.9 Å². The molecule has 0 aliphatic carbocycles. The van der Waals surface area contributed by atoms with Crippen molar-refractivity contribution in [1.82, 2.24) is 14.9 Å². The van der Waals surface area contributed by atoms with Gasteiger partial charge in [0.05, 0.1) is 18.5 Å². The number of pyridine rings is 1. The smallest absolute Gasteiger partial charge is 0.437 e. The number of anilines is 3. The zero-order valence-corrected chi connectivity index (χ0v) is 20.2. The van der Waals surface area contributed by atoms with Gasteiger partial charge in [-0.1, -0.05) is 6.92 Å². The summed E-state index contributed by atoms with van der Waals surface area (Å²) in [6.45, 7) is 7.20. The summed E-state index contributed by atoms with van der Waals surface area (Å²) in [6, 6.07) is 3.00. The molecule has 2 aromatic rings. The van der Waals surface area contributed by atoms with Gasteiger partial charge in [0.15, 0.2) is 5.69 Å². The van der Waals surface area contributed by atoms with Crippen LogP contribution in [0.5, 0.6) is 0 Å². The Morgan fingerprint density at radius 1 is 1.11 bits per heavy atom. The largest absolute Gasteiger partial charge is 0.450 e. The van der Waals surface area contributed by atoms with Crippen molar-refractivity contribution in [3.8, 4) is 0 Å². The van der Waals surface area contributed by atoms with Crippen molar-refractivity contribution >= 4 is 29.5 Å². The summed E-state index contributed by atoms with van der Waals surface area (Å²) in [5, 5.41) is 2.42. The van der Waals surface area contributed by atoms with E-state index in [2.05, 4.69) is 22.2 Å². The number of carbonyl (C=O) groups is 2. The molecule has 2 saturated heterocycles. The van der Waals surface area contributed by atoms with E-state index >= 15 is 0 Å². The fourth-order valence-corrected chi connectivity index (χ4v) is 4.16. The number of aromatic nitrogens is 2. The summed E-state index contributed by atoms with van der Waals surface area (Å²) in [5.41, 5.74) is -1.13. The minimum atomic E-state index is -4.84. The molecule has 2 amide bonds. The van der Waals surface area contributed by atoms with Gasteiger partial charge >= 0.3 is 12.3 Å². The van der Waals surface area contributed by atoms with Gasteiger partial charge in [0, 0.05) is 39.3 Å². The van der Waals surface area contributed by atoms with Crippen LogP contribution in [-0.4, -0.2) is 72.7 Å². The van der Waals surface area contributed by atoms with Crippen LogP contribution >= 0.6 is 0 Å². The lowest BCUT2D eigenvalue weighted by Gasteiger charge is -2.34. The van der Waals surface area contributed by atoms with Crippen molar-refractivity contribution in [3.63, 3.8) is 0 Å². The van der Waals surface area contributed by atoms with Gasteiger partial charge in [0.2, 0.25) is 5.76 Å². The maximum absolute atomic E-state index is 13.6. The van der Waals surface area contributed by atoms with Crippen molar-refractivity contribution in [3.05, 3.63) is 29.8 Å². The van der Waals surface area contributed by atoms with E-state index in [1.807, 2.05) is 4.90 Å². The van der Waals surface area contributed by atoms with E-state index in [0.717, 1.165) is 12.8 Å². The van der Waals surface area contributed by atoms with Crippen molar-refractivity contribution in [2.75, 3.05) is 61.0 Å². The van der Waals surface area contributed by atoms with Crippen LogP contribution in [0.25, 0.3) is 0 Å². The number of piperazine rings is 1. The highest BCUT2D eigenvalue weighted by molar-refractivity contribution is 6.03. The quantitative estimate of drug-likeness (QED) is 0.647. The molecule has 13 heteroatoms. The number of oxazole rings is 1. The Balaban J connectivity index is 1.41. The van der Waals surface area contributed by atoms with Gasteiger partial charge < -0.3 is 29.2 Å². The molecule has 1 N–H and O–H groups in total. The summed E-state index contributed by atoms with van der Waals surface area (Å²) >= 11 is 0. The molecule has 2 aromatic heterocycles. The molecule has 196 valence electrons. The Kier molecular flexibility index (Phi) is 7.55. The number of ether oxygens (including phenoxy) is 1. The molecular weight excluding hydrogens is 481 g/mol. The maximum atomic E-state index is 13.6. The fourth-order valence-electron chi connectivity index (χ4n) is 4.16. The second kappa shape index (κ2) is 10.6. The number of nitrogens with zero attached hydrogens (tertiary/aromatic N) is 5. The van der Waals surface area contributed by atoms with E-state index in [1.165, 1.54) is 6.20 Å². The lowest BCUT2D eigenvalue weighted by molar-refractivity contribution is -0.141. The van der Waals surface area contributed by atoms with Gasteiger partial charge in [-0.2, -0.15) is 18.2 Å². The van der Waals surface area contributed by atoms with Crippen LogP contribution in [-0.2, 0) is 10.9 Å². The molecule has 0 atom stereocenters. The van der Waals surface area contributed by atoms with E-state index in [9.17, 15) is 22.8 Å². The Morgan fingerprint density at radius 3 is 2.39 bits per heavy atom. The molecule has 4 heterocycles. The zero-order chi connectivity index (χ0) is 25.9. The number of amides is 2. The summed E-state index contributed by atoms with van der Waals surface area (Å²) in [6.07, 6.45) is -2.22. The van der Waals surface area contributed by atoms with Gasteiger partial charge in [-0.05, 0) is 37.8 Å². The predicted molar refractivity (Wildman–Crippen MR) is 125 cm³/mol. The molecule has 2 aliphatic heterocycles. The highest BCUT2D eigenvalue weighted by Crippen LogP contribution is 2.35. The number of carbonyl (C=O) groups excluding carboxylic acids is 2. The molecule has 2 fully saturated rings. The number of rotatable bonds is 5. The minimum Gasteiger partial charge on any atom is -0.450 e. The SMILES string of the molecule is CCOC(=O)N1CCN(c2ccc(NC(=O)c3oc(N4CCC(C)CC4)nc3C(F)(F)F)cn2)CC1. The number of alkyl halides is 3. The second-order valence-electron chi connectivity index (χ2n) is 8.87. The topological polar surface area (TPSA) is 104 Å². The van der Waals surface area contributed by atoms with Crippen LogP contribution < -0.4 is 15.1 Å². The average molecular weight is 511 g/mol. The van der Waals surface area contributed by atoms with Crippen LogP contribution in [0.4, 0.5) is 35.5 Å². The van der Waals surface area contributed by atoms with E-state index in [-0.39, 0.29) is 17.8 Å².